The second-order valence-electron chi connectivity index (χ2n) is 5.41. The maximum atomic E-state index is 13.0. The molecular formula is C15H20ClNO4S. The lowest BCUT2D eigenvalue weighted by atomic mass is 10.0. The molecular weight excluding hydrogens is 326 g/mol. The van der Waals surface area contributed by atoms with Gasteiger partial charge in [0, 0.05) is 17.6 Å². The quantitative estimate of drug-likeness (QED) is 0.787. The number of esters is 1. The van der Waals surface area contributed by atoms with E-state index in [2.05, 4.69) is 4.74 Å². The molecule has 0 aliphatic carbocycles. The van der Waals surface area contributed by atoms with E-state index in [0.717, 1.165) is 12.8 Å². The van der Waals surface area contributed by atoms with Crippen LogP contribution in [0.1, 0.15) is 31.2 Å². The molecule has 0 saturated carbocycles. The lowest BCUT2D eigenvalue weighted by Gasteiger charge is -2.34. The van der Waals surface area contributed by atoms with E-state index in [0.29, 0.717) is 23.6 Å². The molecule has 1 atom stereocenters. The maximum Gasteiger partial charge on any atom is 0.307 e. The van der Waals surface area contributed by atoms with Crippen LogP contribution in [-0.2, 0) is 19.6 Å². The molecule has 22 heavy (non-hydrogen) atoms. The minimum atomic E-state index is -3.68. The van der Waals surface area contributed by atoms with Crippen molar-refractivity contribution in [2.75, 3.05) is 13.7 Å². The molecule has 0 radical (unpaired) electrons. The summed E-state index contributed by atoms with van der Waals surface area (Å²) in [5, 5.41) is 0.419. The molecule has 7 heteroatoms. The molecule has 0 N–H and O–H groups in total. The van der Waals surface area contributed by atoms with Crippen molar-refractivity contribution >= 4 is 27.6 Å². The van der Waals surface area contributed by atoms with Crippen LogP contribution in [0.4, 0.5) is 0 Å². The van der Waals surface area contributed by atoms with Crippen LogP contribution in [0.3, 0.4) is 0 Å². The van der Waals surface area contributed by atoms with Crippen LogP contribution in [-0.4, -0.2) is 38.4 Å². The Morgan fingerprint density at radius 2 is 2.14 bits per heavy atom. The molecule has 0 aromatic heterocycles. The van der Waals surface area contributed by atoms with E-state index in [1.165, 1.54) is 11.4 Å². The summed E-state index contributed by atoms with van der Waals surface area (Å²) in [6.45, 7) is 2.10. The van der Waals surface area contributed by atoms with Crippen molar-refractivity contribution in [3.05, 3.63) is 28.8 Å². The maximum absolute atomic E-state index is 13.0. The van der Waals surface area contributed by atoms with Crippen molar-refractivity contribution in [2.24, 2.45) is 0 Å². The molecule has 0 amide bonds. The van der Waals surface area contributed by atoms with Gasteiger partial charge < -0.3 is 4.74 Å². The van der Waals surface area contributed by atoms with E-state index in [4.69, 9.17) is 11.6 Å². The largest absolute Gasteiger partial charge is 0.469 e. The monoisotopic (exact) mass is 345 g/mol. The normalized spacial score (nSPS) is 19.9. The predicted molar refractivity (Wildman–Crippen MR) is 84.4 cm³/mol. The molecule has 5 nitrogen and oxygen atoms in total. The highest BCUT2D eigenvalue weighted by Gasteiger charge is 2.35. The van der Waals surface area contributed by atoms with Gasteiger partial charge in [-0.1, -0.05) is 24.1 Å². The van der Waals surface area contributed by atoms with Gasteiger partial charge in [0.05, 0.1) is 18.4 Å². The van der Waals surface area contributed by atoms with Crippen LogP contribution in [0.25, 0.3) is 0 Å². The zero-order valence-electron chi connectivity index (χ0n) is 12.7. The fourth-order valence-electron chi connectivity index (χ4n) is 2.76. The van der Waals surface area contributed by atoms with E-state index in [9.17, 15) is 13.2 Å². The Hall–Kier alpha value is -1.11. The number of sulfonamides is 1. The summed E-state index contributed by atoms with van der Waals surface area (Å²) in [4.78, 5) is 11.8. The molecule has 1 aliphatic rings. The van der Waals surface area contributed by atoms with Gasteiger partial charge in [0.1, 0.15) is 0 Å². The fourth-order valence-corrected chi connectivity index (χ4v) is 4.94. The van der Waals surface area contributed by atoms with Crippen LogP contribution in [0, 0.1) is 6.92 Å². The third-order valence-electron chi connectivity index (χ3n) is 4.01. The van der Waals surface area contributed by atoms with E-state index < -0.39 is 16.0 Å². The van der Waals surface area contributed by atoms with Crippen molar-refractivity contribution in [1.29, 1.82) is 0 Å². The van der Waals surface area contributed by atoms with Gasteiger partial charge >= 0.3 is 5.97 Å². The van der Waals surface area contributed by atoms with Gasteiger partial charge in [-0.05, 0) is 37.5 Å². The lowest BCUT2D eigenvalue weighted by molar-refractivity contribution is -0.141. The van der Waals surface area contributed by atoms with Gasteiger partial charge in [-0.2, -0.15) is 4.31 Å². The Morgan fingerprint density at radius 3 is 2.82 bits per heavy atom. The number of carbonyl (C=O) groups excluding carboxylic acids is 1. The van der Waals surface area contributed by atoms with Crippen LogP contribution < -0.4 is 0 Å². The van der Waals surface area contributed by atoms with Gasteiger partial charge in [0.15, 0.2) is 0 Å². The molecule has 1 aliphatic heterocycles. The van der Waals surface area contributed by atoms with Crippen LogP contribution >= 0.6 is 11.6 Å². The van der Waals surface area contributed by atoms with Crippen molar-refractivity contribution in [2.45, 2.75) is 43.5 Å². The molecule has 1 saturated heterocycles. The summed E-state index contributed by atoms with van der Waals surface area (Å²) in [5.41, 5.74) is 0.534. The number of nitrogens with zero attached hydrogens (tertiary/aromatic N) is 1. The average molecular weight is 346 g/mol. The predicted octanol–water partition coefficient (Wildman–Crippen LogP) is 2.75. The molecule has 122 valence electrons. The Bertz CT molecular complexity index is 660. The summed E-state index contributed by atoms with van der Waals surface area (Å²) in [6.07, 6.45) is 2.43. The van der Waals surface area contributed by atoms with Gasteiger partial charge in [-0.15, -0.1) is 0 Å². The van der Waals surface area contributed by atoms with E-state index in [1.54, 1.807) is 25.1 Å². The first-order valence-corrected chi connectivity index (χ1v) is 9.03. The molecule has 1 aromatic rings. The van der Waals surface area contributed by atoms with E-state index in [-0.39, 0.29) is 17.4 Å². The van der Waals surface area contributed by atoms with Crippen molar-refractivity contribution in [3.8, 4) is 0 Å². The number of hydrogen-bond acceptors (Lipinski definition) is 4. The van der Waals surface area contributed by atoms with Crippen LogP contribution in [0.5, 0.6) is 0 Å². The molecule has 1 heterocycles. The summed E-state index contributed by atoms with van der Waals surface area (Å²) >= 11 is 6.04. The first-order valence-electron chi connectivity index (χ1n) is 7.21. The Kier molecular flexibility index (Phi) is 5.47. The lowest BCUT2D eigenvalue weighted by Crippen LogP contribution is -2.44. The molecule has 2 rings (SSSR count). The highest BCUT2D eigenvalue weighted by atomic mass is 35.5. The molecule has 0 spiro atoms. The van der Waals surface area contributed by atoms with E-state index in [1.807, 2.05) is 0 Å². The zero-order valence-corrected chi connectivity index (χ0v) is 14.3. The zero-order chi connectivity index (χ0) is 16.3. The second-order valence-corrected chi connectivity index (χ2v) is 7.67. The molecule has 1 unspecified atom stereocenters. The summed E-state index contributed by atoms with van der Waals surface area (Å²) in [5.74, 6) is -0.394. The fraction of sp³-hybridized carbons (Fsp3) is 0.533. The van der Waals surface area contributed by atoms with Gasteiger partial charge in [0.25, 0.3) is 0 Å². The minimum Gasteiger partial charge on any atom is -0.469 e. The second kappa shape index (κ2) is 6.98. The Balaban J connectivity index is 2.37. The number of piperidine rings is 1. The van der Waals surface area contributed by atoms with Crippen LogP contribution in [0.15, 0.2) is 23.1 Å². The SMILES string of the molecule is COC(=O)CC1CCCCN1S(=O)(=O)c1cccc(Cl)c1C. The highest BCUT2D eigenvalue weighted by Crippen LogP contribution is 2.31. The van der Waals surface area contributed by atoms with Gasteiger partial charge in [-0.3, -0.25) is 4.79 Å². The number of benzene rings is 1. The third-order valence-corrected chi connectivity index (χ3v) is 6.51. The molecule has 1 aromatic carbocycles. The molecule has 0 bridgehead atoms. The standard InChI is InChI=1S/C15H20ClNO4S/c1-11-13(16)7-5-8-14(11)22(19,20)17-9-4-3-6-12(17)10-15(18)21-2/h5,7-8,12H,3-4,6,9-10H2,1-2H3. The highest BCUT2D eigenvalue weighted by molar-refractivity contribution is 7.89. The first kappa shape index (κ1) is 17.2. The van der Waals surface area contributed by atoms with Crippen LogP contribution in [0.2, 0.25) is 5.02 Å². The first-order chi connectivity index (χ1) is 10.4. The van der Waals surface area contributed by atoms with Crippen molar-refractivity contribution in [1.82, 2.24) is 4.31 Å². The number of halogens is 1. The number of hydrogen-bond donors (Lipinski definition) is 0. The average Bonchev–Trinajstić information content (AvgIpc) is 2.50. The summed E-state index contributed by atoms with van der Waals surface area (Å²) in [6, 6.07) is 4.49. The number of ether oxygens (including phenoxy) is 1. The number of carbonyl (C=O) groups is 1. The van der Waals surface area contributed by atoms with Gasteiger partial charge in [0.2, 0.25) is 10.0 Å². The van der Waals surface area contributed by atoms with E-state index >= 15 is 0 Å². The van der Waals surface area contributed by atoms with Gasteiger partial charge in [-0.25, -0.2) is 8.42 Å². The smallest absolute Gasteiger partial charge is 0.307 e. The summed E-state index contributed by atoms with van der Waals surface area (Å²) in [7, 11) is -2.37. The number of rotatable bonds is 4. The van der Waals surface area contributed by atoms with Crippen molar-refractivity contribution in [3.63, 3.8) is 0 Å². The third kappa shape index (κ3) is 3.45. The molecule has 1 fully saturated rings. The minimum absolute atomic E-state index is 0.0787. The Labute approximate surface area is 136 Å². The summed E-state index contributed by atoms with van der Waals surface area (Å²) < 4.78 is 32.0. The van der Waals surface area contributed by atoms with Crippen molar-refractivity contribution < 1.29 is 17.9 Å². The number of methoxy groups -OCH3 is 1. The Morgan fingerprint density at radius 1 is 1.41 bits per heavy atom. The topological polar surface area (TPSA) is 63.7 Å².